The monoisotopic (exact) mass is 540 g/mol. The average molecular weight is 541 g/mol. The summed E-state index contributed by atoms with van der Waals surface area (Å²) in [5, 5.41) is 46.8. The van der Waals surface area contributed by atoms with Crippen molar-refractivity contribution in [2.45, 2.75) is 36.2 Å². The fraction of sp³-hybridized carbons (Fsp3) is 0.400. The third kappa shape index (κ3) is 4.24. The standard InChI is InChI=1S/C20H21ClN6O8S/c1-8-7-25(20(34)26(8)18-16(19(32)33)36-12-6-11(29)27(12)18)23-5-4-22-17(31)14(24-35)9-2-3-10(28)15(30)13(9)21/h2-3,5,8,12,16,18,28,30,35H,4,6-7H2,1H3,(H,22,31)(H,32,33)/b23-5+,24-14-/t8?,12?,16?,18-/m0/s1. The van der Waals surface area contributed by atoms with Crippen LogP contribution in [0.4, 0.5) is 4.79 Å². The highest BCUT2D eigenvalue weighted by Crippen LogP contribution is 2.46. The lowest BCUT2D eigenvalue weighted by atomic mass is 10.1. The van der Waals surface area contributed by atoms with Crippen molar-refractivity contribution in [2.24, 2.45) is 10.3 Å². The molecule has 3 unspecified atom stereocenters. The van der Waals surface area contributed by atoms with Gasteiger partial charge in [-0.1, -0.05) is 16.8 Å². The van der Waals surface area contributed by atoms with Crippen LogP contribution in [0.5, 0.6) is 11.5 Å². The van der Waals surface area contributed by atoms with E-state index in [1.165, 1.54) is 22.1 Å². The molecule has 36 heavy (non-hydrogen) atoms. The predicted molar refractivity (Wildman–Crippen MR) is 126 cm³/mol. The van der Waals surface area contributed by atoms with Crippen LogP contribution in [0.1, 0.15) is 18.9 Å². The Morgan fingerprint density at radius 1 is 1.28 bits per heavy atom. The maximum Gasteiger partial charge on any atom is 0.342 e. The third-order valence-electron chi connectivity index (χ3n) is 5.93. The molecule has 3 fully saturated rings. The summed E-state index contributed by atoms with van der Waals surface area (Å²) in [7, 11) is 0. The summed E-state index contributed by atoms with van der Waals surface area (Å²) >= 11 is 7.04. The van der Waals surface area contributed by atoms with Gasteiger partial charge >= 0.3 is 12.0 Å². The normalized spacial score (nSPS) is 25.9. The molecule has 3 aliphatic heterocycles. The molecular weight excluding hydrogens is 520 g/mol. The number of rotatable bonds is 7. The lowest BCUT2D eigenvalue weighted by Crippen LogP contribution is -2.61. The summed E-state index contributed by atoms with van der Waals surface area (Å²) in [6.45, 7) is 1.66. The minimum absolute atomic E-state index is 0.134. The van der Waals surface area contributed by atoms with E-state index < -0.39 is 57.6 Å². The first kappa shape index (κ1) is 25.4. The van der Waals surface area contributed by atoms with E-state index in [9.17, 15) is 39.7 Å². The van der Waals surface area contributed by atoms with Crippen molar-refractivity contribution in [2.75, 3.05) is 13.1 Å². The van der Waals surface area contributed by atoms with Crippen molar-refractivity contribution in [3.8, 4) is 11.5 Å². The van der Waals surface area contributed by atoms with E-state index in [1.807, 2.05) is 0 Å². The first-order valence-corrected chi connectivity index (χ1v) is 11.9. The number of carbonyl (C=O) groups is 4. The number of halogens is 1. The Morgan fingerprint density at radius 3 is 2.64 bits per heavy atom. The second-order valence-electron chi connectivity index (χ2n) is 8.14. The molecule has 0 aromatic heterocycles. The molecule has 16 heteroatoms. The lowest BCUT2D eigenvalue weighted by Gasteiger charge is -2.42. The molecule has 0 bridgehead atoms. The summed E-state index contributed by atoms with van der Waals surface area (Å²) in [6.07, 6.45) is 0.528. The topological polar surface area (TPSA) is 196 Å². The van der Waals surface area contributed by atoms with Gasteiger partial charge in [-0.05, 0) is 19.1 Å². The summed E-state index contributed by atoms with van der Waals surface area (Å²) in [5.74, 6) is -3.41. The highest BCUT2D eigenvalue weighted by atomic mass is 35.5. The van der Waals surface area contributed by atoms with Gasteiger partial charge in [-0.15, -0.1) is 11.8 Å². The maximum absolute atomic E-state index is 13.0. The van der Waals surface area contributed by atoms with Crippen molar-refractivity contribution in [3.05, 3.63) is 22.7 Å². The number of fused-ring (bicyclic) bond motifs is 1. The Morgan fingerprint density at radius 2 is 2.00 bits per heavy atom. The number of hydrogen-bond donors (Lipinski definition) is 5. The molecule has 1 aromatic rings. The number of benzene rings is 1. The van der Waals surface area contributed by atoms with E-state index in [4.69, 9.17) is 11.6 Å². The van der Waals surface area contributed by atoms with Gasteiger partial charge in [0.05, 0.1) is 35.9 Å². The van der Waals surface area contributed by atoms with Crippen molar-refractivity contribution in [1.82, 2.24) is 20.1 Å². The van der Waals surface area contributed by atoms with Crippen molar-refractivity contribution in [3.63, 3.8) is 0 Å². The van der Waals surface area contributed by atoms with Crippen molar-refractivity contribution < 1.29 is 39.7 Å². The van der Waals surface area contributed by atoms with Crippen molar-refractivity contribution >= 4 is 59.1 Å². The van der Waals surface area contributed by atoms with Gasteiger partial charge < -0.3 is 30.7 Å². The van der Waals surface area contributed by atoms with Crippen LogP contribution in [-0.4, -0.2) is 107 Å². The number of thioether (sulfide) groups is 1. The largest absolute Gasteiger partial charge is 0.504 e. The Hall–Kier alpha value is -3.72. The number of phenols is 2. The van der Waals surface area contributed by atoms with Crippen LogP contribution in [0.3, 0.4) is 0 Å². The molecule has 4 atom stereocenters. The van der Waals surface area contributed by atoms with Gasteiger partial charge in [0.15, 0.2) is 17.2 Å². The molecule has 3 saturated heterocycles. The fourth-order valence-corrected chi connectivity index (χ4v) is 5.93. The smallest absolute Gasteiger partial charge is 0.342 e. The minimum atomic E-state index is -1.11. The van der Waals surface area contributed by atoms with Crippen LogP contribution < -0.4 is 5.32 Å². The molecule has 3 aliphatic rings. The number of nitrogens with one attached hydrogen (secondary N) is 1. The highest BCUT2D eigenvalue weighted by Gasteiger charge is 2.59. The first-order valence-electron chi connectivity index (χ1n) is 10.6. The number of aromatic hydroxyl groups is 2. The number of carboxylic acids is 1. The van der Waals surface area contributed by atoms with Crippen LogP contribution in [0.2, 0.25) is 5.02 Å². The number of hydrazone groups is 1. The van der Waals surface area contributed by atoms with Crippen LogP contribution in [0.25, 0.3) is 0 Å². The Bertz CT molecular complexity index is 1190. The molecule has 4 amide bonds. The van der Waals surface area contributed by atoms with Gasteiger partial charge in [-0.3, -0.25) is 19.3 Å². The quantitative estimate of drug-likeness (QED) is 0.106. The van der Waals surface area contributed by atoms with Gasteiger partial charge in [0, 0.05) is 11.8 Å². The minimum Gasteiger partial charge on any atom is -0.504 e. The zero-order valence-corrected chi connectivity index (χ0v) is 20.2. The number of carboxylic acid groups (broad SMARTS) is 1. The zero-order chi connectivity index (χ0) is 26.3. The van der Waals surface area contributed by atoms with E-state index in [2.05, 4.69) is 15.6 Å². The molecule has 1 aromatic carbocycles. The van der Waals surface area contributed by atoms with E-state index >= 15 is 0 Å². The van der Waals surface area contributed by atoms with E-state index in [1.54, 1.807) is 6.92 Å². The van der Waals surface area contributed by atoms with Crippen LogP contribution in [0.15, 0.2) is 22.4 Å². The van der Waals surface area contributed by atoms with Gasteiger partial charge in [0.1, 0.15) is 11.4 Å². The number of nitrogens with zero attached hydrogens (tertiary/aromatic N) is 5. The highest BCUT2D eigenvalue weighted by molar-refractivity contribution is 8.01. The predicted octanol–water partition coefficient (Wildman–Crippen LogP) is 0.242. The number of β-lactam (4-membered cyclic amide) rings is 1. The number of oxime groups is 1. The third-order valence-corrected chi connectivity index (χ3v) is 7.76. The second-order valence-corrected chi connectivity index (χ2v) is 9.84. The van der Waals surface area contributed by atoms with Crippen molar-refractivity contribution in [1.29, 1.82) is 0 Å². The molecule has 3 heterocycles. The molecule has 14 nitrogen and oxygen atoms in total. The Labute approximate surface area is 212 Å². The molecule has 5 N–H and O–H groups in total. The second kappa shape index (κ2) is 9.73. The summed E-state index contributed by atoms with van der Waals surface area (Å²) in [4.78, 5) is 52.1. The van der Waals surface area contributed by atoms with Crippen LogP contribution in [0, 0.1) is 0 Å². The Balaban J connectivity index is 1.39. The van der Waals surface area contributed by atoms with Gasteiger partial charge in [0.2, 0.25) is 5.91 Å². The SMILES string of the molecule is CC1CN(/N=C/CNC(=O)/C(=N\O)c2ccc(O)c(O)c2Cl)C(=O)N1[C@@H]1C(C(=O)O)SC2CC(=O)N21. The molecule has 0 saturated carbocycles. The molecule has 0 radical (unpaired) electrons. The molecule has 4 rings (SSSR count). The van der Waals surface area contributed by atoms with Crippen LogP contribution in [-0.2, 0) is 14.4 Å². The summed E-state index contributed by atoms with van der Waals surface area (Å²) in [6, 6.07) is 1.24. The maximum atomic E-state index is 13.0. The first-order chi connectivity index (χ1) is 17.1. The van der Waals surface area contributed by atoms with Gasteiger partial charge in [-0.2, -0.15) is 5.10 Å². The van der Waals surface area contributed by atoms with E-state index in [0.717, 1.165) is 22.8 Å². The summed E-state index contributed by atoms with van der Waals surface area (Å²) in [5.41, 5.74) is -0.669. The van der Waals surface area contributed by atoms with Gasteiger partial charge in [0.25, 0.3) is 5.91 Å². The molecule has 0 spiro atoms. The zero-order valence-electron chi connectivity index (χ0n) is 18.6. The average Bonchev–Trinajstić information content (AvgIpc) is 3.28. The number of carbonyl (C=O) groups excluding carboxylic acids is 3. The number of phenolic OH excluding ortho intramolecular Hbond substituents is 2. The number of aliphatic carboxylic acids is 1. The summed E-state index contributed by atoms with van der Waals surface area (Å²) < 4.78 is 0. The molecule has 192 valence electrons. The fourth-order valence-electron chi connectivity index (χ4n) is 4.21. The number of urea groups is 1. The number of amides is 4. The van der Waals surface area contributed by atoms with Gasteiger partial charge in [-0.25, -0.2) is 9.80 Å². The van der Waals surface area contributed by atoms with E-state index in [0.29, 0.717) is 0 Å². The molecular formula is C20H21ClN6O8S. The van der Waals surface area contributed by atoms with E-state index in [-0.39, 0.29) is 36.4 Å². The number of hydrogen-bond acceptors (Lipinski definition) is 10. The lowest BCUT2D eigenvalue weighted by molar-refractivity contribution is -0.150. The Kier molecular flexibility index (Phi) is 6.86. The van der Waals surface area contributed by atoms with Crippen LogP contribution >= 0.6 is 23.4 Å². The molecule has 0 aliphatic carbocycles.